The fraction of sp³-hybridized carbons (Fsp3) is 0.417. The normalized spacial score (nSPS) is 18.2. The molecule has 6 nitrogen and oxygen atoms in total. The minimum Gasteiger partial charge on any atom is -0.332 e. The Morgan fingerprint density at radius 2 is 1.94 bits per heavy atom. The number of amides is 1. The summed E-state index contributed by atoms with van der Waals surface area (Å²) in [4.78, 5) is 15.2. The Hall–Kier alpha value is -2.69. The lowest BCUT2D eigenvalue weighted by Gasteiger charge is -2.32. The molecule has 0 spiro atoms. The number of benzene rings is 2. The highest BCUT2D eigenvalue weighted by Gasteiger charge is 2.31. The molecular formula is C24H29N3O3S. The van der Waals surface area contributed by atoms with Gasteiger partial charge in [0.25, 0.3) is 5.91 Å². The third-order valence-electron chi connectivity index (χ3n) is 6.02. The first-order chi connectivity index (χ1) is 14.8. The lowest BCUT2D eigenvalue weighted by molar-refractivity contribution is 0.0702. The SMILES string of the molecule is CCN(C(=O)c1cccc(S(=O)(=O)N2CCCCC2C)c1)C(C)c1ccc(C#N)cc1. The molecule has 0 radical (unpaired) electrons. The molecule has 2 atom stereocenters. The van der Waals surface area contributed by atoms with Crippen LogP contribution < -0.4 is 0 Å². The number of piperidine rings is 1. The summed E-state index contributed by atoms with van der Waals surface area (Å²) in [6, 6.07) is 15.3. The molecule has 0 bridgehead atoms. The molecule has 1 saturated heterocycles. The van der Waals surface area contributed by atoms with Crippen molar-refractivity contribution in [2.75, 3.05) is 13.1 Å². The van der Waals surface area contributed by atoms with E-state index >= 15 is 0 Å². The molecular weight excluding hydrogens is 410 g/mol. The van der Waals surface area contributed by atoms with Gasteiger partial charge in [-0.15, -0.1) is 0 Å². The quantitative estimate of drug-likeness (QED) is 0.670. The number of hydrogen-bond acceptors (Lipinski definition) is 4. The lowest BCUT2D eigenvalue weighted by Crippen LogP contribution is -2.42. The summed E-state index contributed by atoms with van der Waals surface area (Å²) in [5, 5.41) is 8.99. The molecule has 164 valence electrons. The minimum atomic E-state index is -3.65. The van der Waals surface area contributed by atoms with E-state index in [1.165, 1.54) is 6.07 Å². The minimum absolute atomic E-state index is 0.0401. The van der Waals surface area contributed by atoms with Crippen LogP contribution in [0.15, 0.2) is 53.4 Å². The molecule has 0 N–H and O–H groups in total. The maximum Gasteiger partial charge on any atom is 0.254 e. The monoisotopic (exact) mass is 439 g/mol. The Bertz CT molecular complexity index is 1070. The van der Waals surface area contributed by atoms with E-state index in [1.54, 1.807) is 39.5 Å². The van der Waals surface area contributed by atoms with E-state index in [2.05, 4.69) is 6.07 Å². The van der Waals surface area contributed by atoms with Gasteiger partial charge in [-0.2, -0.15) is 9.57 Å². The second-order valence-corrected chi connectivity index (χ2v) is 9.88. The summed E-state index contributed by atoms with van der Waals surface area (Å²) < 4.78 is 28.0. The van der Waals surface area contributed by atoms with Crippen LogP contribution in [0.5, 0.6) is 0 Å². The van der Waals surface area contributed by atoms with Crippen molar-refractivity contribution < 1.29 is 13.2 Å². The van der Waals surface area contributed by atoms with Gasteiger partial charge in [-0.1, -0.05) is 24.6 Å². The van der Waals surface area contributed by atoms with Crippen LogP contribution in [0.4, 0.5) is 0 Å². The van der Waals surface area contributed by atoms with E-state index < -0.39 is 10.0 Å². The summed E-state index contributed by atoms with van der Waals surface area (Å²) in [6.45, 7) is 6.75. The summed E-state index contributed by atoms with van der Waals surface area (Å²) in [5.41, 5.74) is 1.84. The van der Waals surface area contributed by atoms with Gasteiger partial charge in [0.15, 0.2) is 0 Å². The highest BCUT2D eigenvalue weighted by molar-refractivity contribution is 7.89. The Kier molecular flexibility index (Phi) is 7.14. The Morgan fingerprint density at radius 3 is 2.55 bits per heavy atom. The van der Waals surface area contributed by atoms with E-state index in [1.807, 2.05) is 32.9 Å². The van der Waals surface area contributed by atoms with E-state index in [0.717, 1.165) is 24.8 Å². The zero-order valence-electron chi connectivity index (χ0n) is 18.3. The second kappa shape index (κ2) is 9.63. The molecule has 0 aliphatic carbocycles. The summed E-state index contributed by atoms with van der Waals surface area (Å²) in [6.07, 6.45) is 2.74. The van der Waals surface area contributed by atoms with Crippen LogP contribution in [0.3, 0.4) is 0 Å². The molecule has 1 aliphatic rings. The zero-order chi connectivity index (χ0) is 22.6. The summed E-state index contributed by atoms with van der Waals surface area (Å²) in [5.74, 6) is -0.219. The molecule has 1 heterocycles. The first-order valence-electron chi connectivity index (χ1n) is 10.7. The van der Waals surface area contributed by atoms with Crippen molar-refractivity contribution in [1.29, 1.82) is 5.26 Å². The first kappa shape index (κ1) is 23.0. The topological polar surface area (TPSA) is 81.5 Å². The van der Waals surface area contributed by atoms with E-state index in [-0.39, 0.29) is 22.9 Å². The van der Waals surface area contributed by atoms with Crippen molar-refractivity contribution in [2.24, 2.45) is 0 Å². The fourth-order valence-electron chi connectivity index (χ4n) is 4.13. The van der Waals surface area contributed by atoms with Gasteiger partial charge in [0, 0.05) is 24.7 Å². The van der Waals surface area contributed by atoms with Gasteiger partial charge in [0.05, 0.1) is 22.6 Å². The van der Waals surface area contributed by atoms with Crippen LogP contribution in [0.25, 0.3) is 0 Å². The van der Waals surface area contributed by atoms with Crippen LogP contribution >= 0.6 is 0 Å². The van der Waals surface area contributed by atoms with Gasteiger partial charge in [0.1, 0.15) is 0 Å². The van der Waals surface area contributed by atoms with Crippen LogP contribution in [0.2, 0.25) is 0 Å². The van der Waals surface area contributed by atoms with E-state index in [4.69, 9.17) is 5.26 Å². The summed E-state index contributed by atoms with van der Waals surface area (Å²) in [7, 11) is -3.65. The van der Waals surface area contributed by atoms with Crippen molar-refractivity contribution in [3.63, 3.8) is 0 Å². The standard InChI is InChI=1S/C24H29N3O3S/c1-4-26(19(3)21-13-11-20(17-25)12-14-21)24(28)22-9-7-10-23(16-22)31(29,30)27-15-6-5-8-18(27)2/h7,9-14,16,18-19H,4-6,8,15H2,1-3H3. The largest absolute Gasteiger partial charge is 0.332 e. The zero-order valence-corrected chi connectivity index (χ0v) is 19.1. The predicted octanol–water partition coefficient (Wildman–Crippen LogP) is 4.34. The Morgan fingerprint density at radius 1 is 1.23 bits per heavy atom. The molecule has 1 aliphatic heterocycles. The van der Waals surface area contributed by atoms with Crippen molar-refractivity contribution in [1.82, 2.24) is 9.21 Å². The van der Waals surface area contributed by atoms with Crippen molar-refractivity contribution >= 4 is 15.9 Å². The molecule has 1 amide bonds. The molecule has 3 rings (SSSR count). The van der Waals surface area contributed by atoms with Crippen molar-refractivity contribution in [2.45, 2.75) is 57.0 Å². The van der Waals surface area contributed by atoms with Gasteiger partial charge >= 0.3 is 0 Å². The van der Waals surface area contributed by atoms with Crippen LogP contribution in [-0.2, 0) is 10.0 Å². The number of carbonyl (C=O) groups is 1. The van der Waals surface area contributed by atoms with Crippen LogP contribution in [0.1, 0.15) is 67.6 Å². The van der Waals surface area contributed by atoms with Gasteiger partial charge < -0.3 is 4.90 Å². The Balaban J connectivity index is 1.87. The average molecular weight is 440 g/mol. The third kappa shape index (κ3) is 4.81. The molecule has 2 aromatic rings. The van der Waals surface area contributed by atoms with Gasteiger partial charge in [-0.05, 0) is 69.5 Å². The fourth-order valence-corrected chi connectivity index (χ4v) is 5.87. The number of nitriles is 1. The average Bonchev–Trinajstić information content (AvgIpc) is 2.79. The van der Waals surface area contributed by atoms with E-state index in [9.17, 15) is 13.2 Å². The maximum atomic E-state index is 13.3. The number of carbonyl (C=O) groups excluding carboxylic acids is 1. The number of sulfonamides is 1. The van der Waals surface area contributed by atoms with Gasteiger partial charge in [0.2, 0.25) is 10.0 Å². The number of nitrogens with zero attached hydrogens (tertiary/aromatic N) is 3. The van der Waals surface area contributed by atoms with Gasteiger partial charge in [-0.3, -0.25) is 4.79 Å². The molecule has 0 aromatic heterocycles. The Labute approximate surface area is 185 Å². The third-order valence-corrected chi connectivity index (χ3v) is 8.03. The highest BCUT2D eigenvalue weighted by atomic mass is 32.2. The molecule has 7 heteroatoms. The smallest absolute Gasteiger partial charge is 0.254 e. The van der Waals surface area contributed by atoms with Crippen LogP contribution in [-0.4, -0.2) is 42.7 Å². The molecule has 0 saturated carbocycles. The van der Waals surface area contributed by atoms with Crippen LogP contribution in [0, 0.1) is 11.3 Å². The first-order valence-corrected chi connectivity index (χ1v) is 12.2. The van der Waals surface area contributed by atoms with Gasteiger partial charge in [-0.25, -0.2) is 8.42 Å². The maximum absolute atomic E-state index is 13.3. The van der Waals surface area contributed by atoms with Crippen molar-refractivity contribution in [3.8, 4) is 6.07 Å². The van der Waals surface area contributed by atoms with Crippen molar-refractivity contribution in [3.05, 3.63) is 65.2 Å². The summed E-state index contributed by atoms with van der Waals surface area (Å²) >= 11 is 0. The lowest BCUT2D eigenvalue weighted by atomic mass is 10.0. The molecule has 1 fully saturated rings. The predicted molar refractivity (Wildman–Crippen MR) is 120 cm³/mol. The molecule has 31 heavy (non-hydrogen) atoms. The molecule has 2 aromatic carbocycles. The van der Waals surface area contributed by atoms with E-state index in [0.29, 0.717) is 24.2 Å². The number of rotatable bonds is 6. The second-order valence-electron chi connectivity index (χ2n) is 7.99. The molecule has 2 unspecified atom stereocenters. The highest BCUT2D eigenvalue weighted by Crippen LogP contribution is 2.27. The number of hydrogen-bond donors (Lipinski definition) is 0.